The third kappa shape index (κ3) is 4.45. The molecule has 0 aliphatic carbocycles. The Bertz CT molecular complexity index is 935. The molecule has 1 unspecified atom stereocenters. The van der Waals surface area contributed by atoms with Gasteiger partial charge in [-0.2, -0.15) is 0 Å². The van der Waals surface area contributed by atoms with Gasteiger partial charge in [-0.25, -0.2) is 4.98 Å². The minimum Gasteiger partial charge on any atom is -0.349 e. The first-order valence-electron chi connectivity index (χ1n) is 8.50. The molecule has 1 atom stereocenters. The second-order valence-corrected chi connectivity index (χ2v) is 6.31. The summed E-state index contributed by atoms with van der Waals surface area (Å²) in [7, 11) is 0. The lowest BCUT2D eigenvalue weighted by Gasteiger charge is -2.18. The van der Waals surface area contributed by atoms with Gasteiger partial charge in [-0.05, 0) is 30.7 Å². The van der Waals surface area contributed by atoms with E-state index in [0.29, 0.717) is 5.82 Å². The summed E-state index contributed by atoms with van der Waals surface area (Å²) < 4.78 is 0. The zero-order chi connectivity index (χ0) is 18.5. The Hall–Kier alpha value is -3.21. The van der Waals surface area contributed by atoms with Gasteiger partial charge in [-0.15, -0.1) is 0 Å². The maximum absolute atomic E-state index is 12.5. The van der Waals surface area contributed by atoms with E-state index in [-0.39, 0.29) is 24.3 Å². The molecule has 26 heavy (non-hydrogen) atoms. The van der Waals surface area contributed by atoms with Crippen LogP contribution in [0.2, 0.25) is 0 Å². The fourth-order valence-corrected chi connectivity index (χ4v) is 2.81. The van der Waals surface area contributed by atoms with Crippen LogP contribution in [0.3, 0.4) is 0 Å². The molecule has 0 saturated heterocycles. The number of carbonyl (C=O) groups is 2. The maximum Gasteiger partial charge on any atom is 0.227 e. The molecule has 0 bridgehead atoms. The van der Waals surface area contributed by atoms with Crippen molar-refractivity contribution in [3.63, 3.8) is 0 Å². The highest BCUT2D eigenvalue weighted by atomic mass is 16.2. The minimum atomic E-state index is -0.381. The van der Waals surface area contributed by atoms with Gasteiger partial charge in [0.05, 0.1) is 18.0 Å². The van der Waals surface area contributed by atoms with Crippen molar-refractivity contribution in [2.24, 2.45) is 0 Å². The number of fused-ring (bicyclic) bond motifs is 1. The van der Waals surface area contributed by atoms with Gasteiger partial charge < -0.3 is 10.6 Å². The first kappa shape index (κ1) is 17.6. The molecule has 5 nitrogen and oxygen atoms in total. The Morgan fingerprint density at radius 1 is 1.00 bits per heavy atom. The number of aryl methyl sites for hydroxylation is 1. The van der Waals surface area contributed by atoms with E-state index in [1.165, 1.54) is 6.92 Å². The van der Waals surface area contributed by atoms with Crippen LogP contribution in [0.25, 0.3) is 10.9 Å². The number of nitrogens with one attached hydrogen (secondary N) is 2. The van der Waals surface area contributed by atoms with Crippen LogP contribution in [0.4, 0.5) is 5.82 Å². The molecule has 0 aliphatic rings. The fraction of sp³-hybridized carbons (Fsp3) is 0.190. The lowest BCUT2D eigenvalue weighted by molar-refractivity contribution is -0.120. The molecule has 0 fully saturated rings. The Balaban J connectivity index is 1.73. The number of anilines is 1. The van der Waals surface area contributed by atoms with E-state index >= 15 is 0 Å². The van der Waals surface area contributed by atoms with Crippen molar-refractivity contribution in [2.75, 3.05) is 5.32 Å². The van der Waals surface area contributed by atoms with Crippen LogP contribution >= 0.6 is 0 Å². The fourth-order valence-electron chi connectivity index (χ4n) is 2.81. The summed E-state index contributed by atoms with van der Waals surface area (Å²) in [6, 6.07) is 18.8. The number of hydrogen-bond donors (Lipinski definition) is 2. The normalized spacial score (nSPS) is 11.8. The second kappa shape index (κ2) is 7.78. The lowest BCUT2D eigenvalue weighted by atomic mass is 10.0. The Labute approximate surface area is 152 Å². The summed E-state index contributed by atoms with van der Waals surface area (Å²) in [5.41, 5.74) is 2.84. The maximum atomic E-state index is 12.5. The van der Waals surface area contributed by atoms with E-state index in [1.807, 2.05) is 61.5 Å². The minimum absolute atomic E-state index is 0.136. The molecule has 1 heterocycles. The molecule has 0 saturated carbocycles. The van der Waals surface area contributed by atoms with Gasteiger partial charge in [0, 0.05) is 12.3 Å². The Kier molecular flexibility index (Phi) is 5.27. The number of para-hydroxylation sites is 1. The average molecular weight is 347 g/mol. The molecule has 132 valence electrons. The molecule has 2 aromatic carbocycles. The number of hydrogen-bond acceptors (Lipinski definition) is 3. The van der Waals surface area contributed by atoms with Crippen molar-refractivity contribution in [3.05, 3.63) is 71.8 Å². The number of nitrogens with zero attached hydrogens (tertiary/aromatic N) is 1. The third-order valence-electron chi connectivity index (χ3n) is 4.11. The Morgan fingerprint density at radius 2 is 1.73 bits per heavy atom. The first-order valence-corrected chi connectivity index (χ1v) is 8.50. The lowest BCUT2D eigenvalue weighted by Crippen LogP contribution is -2.29. The van der Waals surface area contributed by atoms with Crippen molar-refractivity contribution in [1.29, 1.82) is 0 Å². The van der Waals surface area contributed by atoms with Gasteiger partial charge in [0.15, 0.2) is 0 Å². The van der Waals surface area contributed by atoms with E-state index in [0.717, 1.165) is 22.0 Å². The highest BCUT2D eigenvalue weighted by molar-refractivity contribution is 5.92. The molecular weight excluding hydrogens is 326 g/mol. The molecule has 5 heteroatoms. The summed E-state index contributed by atoms with van der Waals surface area (Å²) in [6.07, 6.45) is 0.136. The summed E-state index contributed by atoms with van der Waals surface area (Å²) in [5.74, 6) is 0.124. The van der Waals surface area contributed by atoms with Crippen LogP contribution in [0.15, 0.2) is 60.7 Å². The number of benzene rings is 2. The largest absolute Gasteiger partial charge is 0.349 e. The van der Waals surface area contributed by atoms with Crippen molar-refractivity contribution in [2.45, 2.75) is 26.3 Å². The number of carbonyl (C=O) groups excluding carboxylic acids is 2. The predicted octanol–water partition coefficient (Wildman–Crippen LogP) is 3.75. The van der Waals surface area contributed by atoms with E-state index in [1.54, 1.807) is 6.07 Å². The standard InChI is InChI=1S/C21H21N3O2/c1-14-7-9-17(10-8-14)19(22-15(2)25)13-21(26)24-20-12-11-16-5-3-4-6-18(16)23-20/h3-12,19H,13H2,1-2H3,(H,22,25)(H,23,24,26). The van der Waals surface area contributed by atoms with Crippen molar-refractivity contribution in [3.8, 4) is 0 Å². The summed E-state index contributed by atoms with van der Waals surface area (Å²) >= 11 is 0. The average Bonchev–Trinajstić information content (AvgIpc) is 2.61. The van der Waals surface area contributed by atoms with Crippen LogP contribution in [0, 0.1) is 6.92 Å². The molecule has 1 aromatic heterocycles. The smallest absolute Gasteiger partial charge is 0.227 e. The van der Waals surface area contributed by atoms with Gasteiger partial charge >= 0.3 is 0 Å². The van der Waals surface area contributed by atoms with Crippen molar-refractivity contribution >= 4 is 28.5 Å². The number of amides is 2. The molecule has 3 rings (SSSR count). The number of aromatic nitrogens is 1. The van der Waals surface area contributed by atoms with E-state index in [2.05, 4.69) is 15.6 Å². The van der Waals surface area contributed by atoms with E-state index in [4.69, 9.17) is 0 Å². The monoisotopic (exact) mass is 347 g/mol. The molecular formula is C21H21N3O2. The molecule has 3 aromatic rings. The first-order chi connectivity index (χ1) is 12.5. The van der Waals surface area contributed by atoms with Gasteiger partial charge in [0.1, 0.15) is 5.82 Å². The number of rotatable bonds is 5. The van der Waals surface area contributed by atoms with Gasteiger partial charge in [-0.3, -0.25) is 9.59 Å². The summed E-state index contributed by atoms with van der Waals surface area (Å²) in [5, 5.41) is 6.67. The van der Waals surface area contributed by atoms with E-state index < -0.39 is 0 Å². The van der Waals surface area contributed by atoms with Gasteiger partial charge in [0.25, 0.3) is 0 Å². The Morgan fingerprint density at radius 3 is 2.46 bits per heavy atom. The van der Waals surface area contributed by atoms with Crippen LogP contribution < -0.4 is 10.6 Å². The SMILES string of the molecule is CC(=O)NC(CC(=O)Nc1ccc2ccccc2n1)c1ccc(C)cc1. The molecule has 2 amide bonds. The van der Waals surface area contributed by atoms with Gasteiger partial charge in [0.2, 0.25) is 11.8 Å². The zero-order valence-corrected chi connectivity index (χ0v) is 14.8. The zero-order valence-electron chi connectivity index (χ0n) is 14.8. The topological polar surface area (TPSA) is 71.1 Å². The van der Waals surface area contributed by atoms with Crippen LogP contribution in [0.5, 0.6) is 0 Å². The highest BCUT2D eigenvalue weighted by Crippen LogP contribution is 2.19. The van der Waals surface area contributed by atoms with Gasteiger partial charge in [-0.1, -0.05) is 48.0 Å². The second-order valence-electron chi connectivity index (χ2n) is 6.31. The number of pyridine rings is 1. The molecule has 2 N–H and O–H groups in total. The third-order valence-corrected chi connectivity index (χ3v) is 4.11. The highest BCUT2D eigenvalue weighted by Gasteiger charge is 2.17. The predicted molar refractivity (Wildman–Crippen MR) is 103 cm³/mol. The van der Waals surface area contributed by atoms with Crippen LogP contribution in [0.1, 0.15) is 30.5 Å². The molecule has 0 spiro atoms. The van der Waals surface area contributed by atoms with Crippen molar-refractivity contribution in [1.82, 2.24) is 10.3 Å². The van der Waals surface area contributed by atoms with Crippen LogP contribution in [-0.2, 0) is 9.59 Å². The molecule has 0 radical (unpaired) electrons. The quantitative estimate of drug-likeness (QED) is 0.738. The van der Waals surface area contributed by atoms with Crippen LogP contribution in [-0.4, -0.2) is 16.8 Å². The van der Waals surface area contributed by atoms with E-state index in [9.17, 15) is 9.59 Å². The summed E-state index contributed by atoms with van der Waals surface area (Å²) in [6.45, 7) is 3.44. The summed E-state index contributed by atoms with van der Waals surface area (Å²) in [4.78, 5) is 28.5. The molecule has 0 aliphatic heterocycles. The van der Waals surface area contributed by atoms with Crippen molar-refractivity contribution < 1.29 is 9.59 Å².